The van der Waals surface area contributed by atoms with Crippen molar-refractivity contribution in [2.75, 3.05) is 47.1 Å². The van der Waals surface area contributed by atoms with E-state index in [4.69, 9.17) is 18.9 Å². The van der Waals surface area contributed by atoms with Crippen molar-refractivity contribution < 1.29 is 18.9 Å². The van der Waals surface area contributed by atoms with E-state index in [0.29, 0.717) is 0 Å². The lowest BCUT2D eigenvalue weighted by atomic mass is 9.99. The maximum Gasteiger partial charge on any atom is 0.161 e. The minimum Gasteiger partial charge on any atom is -0.493 e. The van der Waals surface area contributed by atoms with Gasteiger partial charge < -0.3 is 18.9 Å². The molecule has 0 N–H and O–H groups in total. The molecule has 5 nitrogen and oxygen atoms in total. The van der Waals surface area contributed by atoms with Crippen molar-refractivity contribution in [3.05, 3.63) is 23.3 Å². The highest BCUT2D eigenvalue weighted by Crippen LogP contribution is 2.38. The molecule has 1 unspecified atom stereocenters. The maximum atomic E-state index is 5.99. The second-order valence-corrected chi connectivity index (χ2v) is 5.03. The van der Waals surface area contributed by atoms with Crippen molar-refractivity contribution in [1.82, 2.24) is 4.90 Å². The highest BCUT2D eigenvalue weighted by Gasteiger charge is 2.29. The van der Waals surface area contributed by atoms with Crippen LogP contribution in [0.2, 0.25) is 0 Å². The van der Waals surface area contributed by atoms with Gasteiger partial charge in [-0.3, -0.25) is 4.90 Å². The third kappa shape index (κ3) is 2.49. The normalized spacial score (nSPS) is 23.2. The second kappa shape index (κ2) is 5.99. The Hall–Kier alpha value is -1.30. The average molecular weight is 279 g/mol. The highest BCUT2D eigenvalue weighted by molar-refractivity contribution is 5.48. The number of ether oxygens (including phenoxy) is 4. The average Bonchev–Trinajstić information content (AvgIpc) is 2.53. The molecule has 0 aromatic heterocycles. The number of methoxy groups -OCH3 is 2. The van der Waals surface area contributed by atoms with Crippen molar-refractivity contribution in [3.63, 3.8) is 0 Å². The number of hydrogen-bond donors (Lipinski definition) is 0. The molecule has 0 aliphatic carbocycles. The second-order valence-electron chi connectivity index (χ2n) is 5.03. The van der Waals surface area contributed by atoms with Crippen LogP contribution in [-0.2, 0) is 15.9 Å². The molecule has 1 fully saturated rings. The molecular formula is C15H21NO4. The molecule has 1 saturated heterocycles. The summed E-state index contributed by atoms with van der Waals surface area (Å²) in [6.07, 6.45) is 0.915. The molecule has 2 aliphatic rings. The predicted octanol–water partition coefficient (Wildman–Crippen LogP) is 1.61. The Kier molecular flexibility index (Phi) is 4.10. The summed E-state index contributed by atoms with van der Waals surface area (Å²) in [4.78, 5) is 2.33. The lowest BCUT2D eigenvalue weighted by Crippen LogP contribution is -2.41. The van der Waals surface area contributed by atoms with Crippen molar-refractivity contribution >= 4 is 0 Å². The van der Waals surface area contributed by atoms with E-state index in [1.807, 2.05) is 6.07 Å². The van der Waals surface area contributed by atoms with E-state index < -0.39 is 0 Å². The quantitative estimate of drug-likeness (QED) is 0.840. The van der Waals surface area contributed by atoms with Crippen LogP contribution in [0, 0.1) is 0 Å². The Morgan fingerprint density at radius 2 is 1.75 bits per heavy atom. The Balaban J connectivity index is 1.94. The fourth-order valence-corrected chi connectivity index (χ4v) is 2.87. The SMILES string of the molecule is COc1cc2c(cc1OC)C(N1CCOCC1)OCC2. The van der Waals surface area contributed by atoms with Crippen molar-refractivity contribution in [2.45, 2.75) is 12.6 Å². The molecule has 2 heterocycles. The molecule has 5 heteroatoms. The summed E-state index contributed by atoms with van der Waals surface area (Å²) in [5.41, 5.74) is 2.47. The Morgan fingerprint density at radius 1 is 1.05 bits per heavy atom. The number of nitrogens with zero attached hydrogens (tertiary/aromatic N) is 1. The van der Waals surface area contributed by atoms with Gasteiger partial charge in [-0.25, -0.2) is 0 Å². The van der Waals surface area contributed by atoms with Gasteiger partial charge in [0.1, 0.15) is 6.23 Å². The predicted molar refractivity (Wildman–Crippen MR) is 74.3 cm³/mol. The minimum atomic E-state index is 0.00227. The molecule has 0 amide bonds. The lowest BCUT2D eigenvalue weighted by Gasteiger charge is -2.37. The van der Waals surface area contributed by atoms with E-state index in [9.17, 15) is 0 Å². The van der Waals surface area contributed by atoms with Crippen LogP contribution in [0.15, 0.2) is 12.1 Å². The summed E-state index contributed by atoms with van der Waals surface area (Å²) in [5.74, 6) is 1.55. The van der Waals surface area contributed by atoms with Gasteiger partial charge in [0.15, 0.2) is 11.5 Å². The van der Waals surface area contributed by atoms with Crippen molar-refractivity contribution in [1.29, 1.82) is 0 Å². The first kappa shape index (κ1) is 13.7. The minimum absolute atomic E-state index is 0.00227. The zero-order valence-electron chi connectivity index (χ0n) is 12.1. The maximum absolute atomic E-state index is 5.99. The Morgan fingerprint density at radius 3 is 2.45 bits per heavy atom. The van der Waals surface area contributed by atoms with Crippen LogP contribution >= 0.6 is 0 Å². The van der Waals surface area contributed by atoms with Gasteiger partial charge in [-0.15, -0.1) is 0 Å². The van der Waals surface area contributed by atoms with Crippen molar-refractivity contribution in [3.8, 4) is 11.5 Å². The summed E-state index contributed by atoms with van der Waals surface area (Å²) in [6.45, 7) is 4.08. The summed E-state index contributed by atoms with van der Waals surface area (Å²) in [7, 11) is 3.33. The fraction of sp³-hybridized carbons (Fsp3) is 0.600. The molecular weight excluding hydrogens is 258 g/mol. The van der Waals surface area contributed by atoms with Gasteiger partial charge in [-0.2, -0.15) is 0 Å². The van der Waals surface area contributed by atoms with Gasteiger partial charge in [0.25, 0.3) is 0 Å². The first-order valence-electron chi connectivity index (χ1n) is 7.01. The van der Waals surface area contributed by atoms with E-state index in [0.717, 1.165) is 50.8 Å². The van der Waals surface area contributed by atoms with E-state index in [2.05, 4.69) is 11.0 Å². The molecule has 110 valence electrons. The van der Waals surface area contributed by atoms with Gasteiger partial charge in [0.2, 0.25) is 0 Å². The van der Waals surface area contributed by atoms with Gasteiger partial charge >= 0.3 is 0 Å². The van der Waals surface area contributed by atoms with Crippen LogP contribution in [0.25, 0.3) is 0 Å². The van der Waals surface area contributed by atoms with E-state index in [-0.39, 0.29) is 6.23 Å². The first-order valence-corrected chi connectivity index (χ1v) is 7.01. The summed E-state index contributed by atoms with van der Waals surface area (Å²) in [5, 5.41) is 0. The molecule has 1 atom stereocenters. The molecule has 0 bridgehead atoms. The standard InChI is InChI=1S/C15H21NO4/c1-17-13-9-11-3-6-20-15(12(11)10-14(13)18-2)16-4-7-19-8-5-16/h9-10,15H,3-8H2,1-2H3. The van der Waals surface area contributed by atoms with Crippen LogP contribution in [0.1, 0.15) is 17.4 Å². The Labute approximate surface area is 119 Å². The molecule has 20 heavy (non-hydrogen) atoms. The number of morpholine rings is 1. The highest BCUT2D eigenvalue weighted by atomic mass is 16.5. The van der Waals surface area contributed by atoms with E-state index >= 15 is 0 Å². The molecule has 2 aliphatic heterocycles. The number of benzene rings is 1. The third-order valence-electron chi connectivity index (χ3n) is 3.94. The summed E-state index contributed by atoms with van der Waals surface area (Å²) in [6, 6.07) is 4.12. The smallest absolute Gasteiger partial charge is 0.161 e. The molecule has 0 radical (unpaired) electrons. The van der Waals surface area contributed by atoms with Crippen LogP contribution in [0.5, 0.6) is 11.5 Å². The van der Waals surface area contributed by atoms with Crippen molar-refractivity contribution in [2.24, 2.45) is 0 Å². The Bertz CT molecular complexity index is 471. The number of rotatable bonds is 3. The largest absolute Gasteiger partial charge is 0.493 e. The monoisotopic (exact) mass is 279 g/mol. The van der Waals surface area contributed by atoms with Crippen LogP contribution in [0.3, 0.4) is 0 Å². The fourth-order valence-electron chi connectivity index (χ4n) is 2.87. The molecule has 0 spiro atoms. The van der Waals surface area contributed by atoms with Crippen LogP contribution in [0.4, 0.5) is 0 Å². The van der Waals surface area contributed by atoms with E-state index in [1.165, 1.54) is 11.1 Å². The molecule has 1 aromatic carbocycles. The first-order chi connectivity index (χ1) is 9.83. The van der Waals surface area contributed by atoms with Gasteiger partial charge in [0, 0.05) is 18.7 Å². The molecule has 3 rings (SSSR count). The lowest BCUT2D eigenvalue weighted by molar-refractivity contribution is -0.105. The third-order valence-corrected chi connectivity index (χ3v) is 3.94. The zero-order chi connectivity index (χ0) is 13.9. The molecule has 0 saturated carbocycles. The van der Waals surface area contributed by atoms with Crippen LogP contribution in [-0.4, -0.2) is 52.0 Å². The van der Waals surface area contributed by atoms with E-state index in [1.54, 1.807) is 14.2 Å². The van der Waals surface area contributed by atoms with Crippen LogP contribution < -0.4 is 9.47 Å². The van der Waals surface area contributed by atoms with Gasteiger partial charge in [0.05, 0.1) is 34.0 Å². The summed E-state index contributed by atoms with van der Waals surface area (Å²) < 4.78 is 22.2. The molecule has 1 aromatic rings. The zero-order valence-corrected chi connectivity index (χ0v) is 12.1. The summed E-state index contributed by atoms with van der Waals surface area (Å²) >= 11 is 0. The number of hydrogen-bond acceptors (Lipinski definition) is 5. The van der Waals surface area contributed by atoms with Gasteiger partial charge in [-0.1, -0.05) is 0 Å². The van der Waals surface area contributed by atoms with Gasteiger partial charge in [-0.05, 0) is 24.1 Å². The number of fused-ring (bicyclic) bond motifs is 1. The topological polar surface area (TPSA) is 40.2 Å².